The number of carbonyl (C=O) groups excluding carboxylic acids is 1. The largest absolute Gasteiger partial charge is 0.351 e. The maximum absolute atomic E-state index is 12.4. The molecule has 3 heterocycles. The highest BCUT2D eigenvalue weighted by atomic mass is 16.2. The fourth-order valence-electron chi connectivity index (χ4n) is 2.82. The Kier molecular flexibility index (Phi) is 3.77. The Balaban J connectivity index is 1.64. The first-order chi connectivity index (χ1) is 10.2. The van der Waals surface area contributed by atoms with E-state index < -0.39 is 0 Å². The van der Waals surface area contributed by atoms with Crippen molar-refractivity contribution in [3.8, 4) is 0 Å². The summed E-state index contributed by atoms with van der Waals surface area (Å²) in [5.74, 6) is 2.10. The molecule has 0 aliphatic carbocycles. The first kappa shape index (κ1) is 13.9. The number of aromatic nitrogens is 4. The highest BCUT2D eigenvalue weighted by Crippen LogP contribution is 2.17. The van der Waals surface area contributed by atoms with Crippen LogP contribution in [0.3, 0.4) is 0 Å². The average molecular weight is 287 g/mol. The molecule has 1 aliphatic heterocycles. The standard InChI is InChI=1S/C15H21N5O/c1-3-13-16-17-14-11-19(8-9-20(13)14)15(21)10-12(2)18-6-4-5-7-18/h4-7,12H,3,8-11H2,1-2H3/t12-/m1/s1. The number of carbonyl (C=O) groups is 1. The Morgan fingerprint density at radius 2 is 2.05 bits per heavy atom. The summed E-state index contributed by atoms with van der Waals surface area (Å²) in [6.45, 7) is 6.27. The first-order valence-corrected chi connectivity index (χ1v) is 7.50. The summed E-state index contributed by atoms with van der Waals surface area (Å²) < 4.78 is 4.21. The third-order valence-corrected chi connectivity index (χ3v) is 4.11. The maximum atomic E-state index is 12.4. The minimum atomic E-state index is 0.179. The van der Waals surface area contributed by atoms with Gasteiger partial charge in [-0.2, -0.15) is 0 Å². The number of rotatable bonds is 4. The van der Waals surface area contributed by atoms with Crippen LogP contribution in [0.2, 0.25) is 0 Å². The monoisotopic (exact) mass is 287 g/mol. The molecule has 0 fully saturated rings. The molecule has 6 nitrogen and oxygen atoms in total. The van der Waals surface area contributed by atoms with Crippen molar-refractivity contribution in [1.82, 2.24) is 24.2 Å². The smallest absolute Gasteiger partial charge is 0.225 e. The van der Waals surface area contributed by atoms with Gasteiger partial charge in [0.25, 0.3) is 0 Å². The molecule has 1 amide bonds. The molecule has 0 unspecified atom stereocenters. The van der Waals surface area contributed by atoms with Gasteiger partial charge in [0.1, 0.15) is 5.82 Å². The van der Waals surface area contributed by atoms with Crippen LogP contribution in [0, 0.1) is 0 Å². The van der Waals surface area contributed by atoms with Gasteiger partial charge in [-0.15, -0.1) is 10.2 Å². The second kappa shape index (κ2) is 5.71. The fourth-order valence-corrected chi connectivity index (χ4v) is 2.82. The molecule has 0 spiro atoms. The molecular weight excluding hydrogens is 266 g/mol. The molecule has 1 atom stereocenters. The van der Waals surface area contributed by atoms with Crippen molar-refractivity contribution in [3.05, 3.63) is 36.2 Å². The molecule has 2 aromatic rings. The summed E-state index contributed by atoms with van der Waals surface area (Å²) in [6, 6.07) is 4.14. The number of fused-ring (bicyclic) bond motifs is 1. The lowest BCUT2D eigenvalue weighted by Crippen LogP contribution is -2.39. The predicted octanol–water partition coefficient (Wildman–Crippen LogP) is 1.64. The Hall–Kier alpha value is -2.11. The Morgan fingerprint density at radius 3 is 2.76 bits per heavy atom. The summed E-state index contributed by atoms with van der Waals surface area (Å²) in [7, 11) is 0. The SMILES string of the molecule is CCc1nnc2n1CCN(C(=O)C[C@@H](C)n1cccc1)C2. The summed E-state index contributed by atoms with van der Waals surface area (Å²) in [5, 5.41) is 8.39. The van der Waals surface area contributed by atoms with Crippen molar-refractivity contribution in [2.75, 3.05) is 6.54 Å². The van der Waals surface area contributed by atoms with Crippen molar-refractivity contribution < 1.29 is 4.79 Å². The molecule has 0 aromatic carbocycles. The van der Waals surface area contributed by atoms with E-state index in [0.29, 0.717) is 13.0 Å². The van der Waals surface area contributed by atoms with Gasteiger partial charge >= 0.3 is 0 Å². The normalized spacial score (nSPS) is 15.8. The molecule has 112 valence electrons. The molecule has 6 heteroatoms. The van der Waals surface area contributed by atoms with Gasteiger partial charge in [-0.1, -0.05) is 6.92 Å². The topological polar surface area (TPSA) is 56.0 Å². The van der Waals surface area contributed by atoms with Crippen molar-refractivity contribution >= 4 is 5.91 Å². The van der Waals surface area contributed by atoms with Crippen LogP contribution in [-0.4, -0.2) is 36.7 Å². The van der Waals surface area contributed by atoms with Crippen LogP contribution in [0.4, 0.5) is 0 Å². The summed E-state index contributed by atoms with van der Waals surface area (Å²) in [4.78, 5) is 14.3. The zero-order chi connectivity index (χ0) is 14.8. The summed E-state index contributed by atoms with van der Waals surface area (Å²) in [5.41, 5.74) is 0. The Morgan fingerprint density at radius 1 is 1.29 bits per heavy atom. The predicted molar refractivity (Wildman–Crippen MR) is 78.6 cm³/mol. The molecule has 1 aliphatic rings. The number of hydrogen-bond acceptors (Lipinski definition) is 3. The van der Waals surface area contributed by atoms with E-state index in [1.807, 2.05) is 29.4 Å². The van der Waals surface area contributed by atoms with Gasteiger partial charge in [-0.25, -0.2) is 0 Å². The van der Waals surface area contributed by atoms with E-state index in [9.17, 15) is 4.79 Å². The van der Waals surface area contributed by atoms with E-state index in [1.54, 1.807) is 0 Å². The molecular formula is C15H21N5O. The van der Waals surface area contributed by atoms with Gasteiger partial charge in [-0.3, -0.25) is 4.79 Å². The minimum absolute atomic E-state index is 0.179. The molecule has 3 rings (SSSR count). The second-order valence-electron chi connectivity index (χ2n) is 5.54. The molecule has 2 aromatic heterocycles. The van der Waals surface area contributed by atoms with E-state index in [0.717, 1.165) is 31.2 Å². The van der Waals surface area contributed by atoms with Gasteiger partial charge < -0.3 is 14.0 Å². The van der Waals surface area contributed by atoms with Crippen LogP contribution in [0.1, 0.15) is 38.0 Å². The highest BCUT2D eigenvalue weighted by Gasteiger charge is 2.24. The molecule has 21 heavy (non-hydrogen) atoms. The van der Waals surface area contributed by atoms with E-state index in [1.165, 1.54) is 0 Å². The van der Waals surface area contributed by atoms with Crippen LogP contribution in [0.15, 0.2) is 24.5 Å². The Bertz CT molecular complexity index is 616. The van der Waals surface area contributed by atoms with Crippen LogP contribution in [0.5, 0.6) is 0 Å². The van der Waals surface area contributed by atoms with Crippen LogP contribution in [0.25, 0.3) is 0 Å². The van der Waals surface area contributed by atoms with Crippen molar-refractivity contribution in [3.63, 3.8) is 0 Å². The van der Waals surface area contributed by atoms with Gasteiger partial charge in [-0.05, 0) is 19.1 Å². The lowest BCUT2D eigenvalue weighted by Gasteiger charge is -2.29. The summed E-state index contributed by atoms with van der Waals surface area (Å²) >= 11 is 0. The number of amides is 1. The molecule has 0 bridgehead atoms. The lowest BCUT2D eigenvalue weighted by atomic mass is 10.2. The zero-order valence-electron chi connectivity index (χ0n) is 12.6. The maximum Gasteiger partial charge on any atom is 0.225 e. The number of hydrogen-bond donors (Lipinski definition) is 0. The van der Waals surface area contributed by atoms with Crippen molar-refractivity contribution in [2.24, 2.45) is 0 Å². The van der Waals surface area contributed by atoms with Gasteiger partial charge in [0.05, 0.1) is 6.54 Å². The molecule has 0 saturated heterocycles. The van der Waals surface area contributed by atoms with E-state index in [2.05, 4.69) is 33.2 Å². The average Bonchev–Trinajstić information content (AvgIpc) is 3.15. The first-order valence-electron chi connectivity index (χ1n) is 7.50. The zero-order valence-corrected chi connectivity index (χ0v) is 12.6. The molecule has 0 saturated carbocycles. The second-order valence-corrected chi connectivity index (χ2v) is 5.54. The molecule has 0 radical (unpaired) electrons. The van der Waals surface area contributed by atoms with Gasteiger partial charge in [0.2, 0.25) is 5.91 Å². The van der Waals surface area contributed by atoms with Crippen LogP contribution >= 0.6 is 0 Å². The van der Waals surface area contributed by atoms with E-state index in [-0.39, 0.29) is 11.9 Å². The quantitative estimate of drug-likeness (QED) is 0.859. The number of aryl methyl sites for hydroxylation is 1. The third-order valence-electron chi connectivity index (χ3n) is 4.11. The van der Waals surface area contributed by atoms with Crippen LogP contribution in [-0.2, 0) is 24.3 Å². The van der Waals surface area contributed by atoms with Crippen molar-refractivity contribution in [1.29, 1.82) is 0 Å². The highest BCUT2D eigenvalue weighted by molar-refractivity contribution is 5.76. The van der Waals surface area contributed by atoms with Gasteiger partial charge in [0, 0.05) is 44.4 Å². The number of nitrogens with zero attached hydrogens (tertiary/aromatic N) is 5. The van der Waals surface area contributed by atoms with E-state index in [4.69, 9.17) is 0 Å². The fraction of sp³-hybridized carbons (Fsp3) is 0.533. The summed E-state index contributed by atoms with van der Waals surface area (Å²) in [6.07, 6.45) is 5.39. The van der Waals surface area contributed by atoms with Crippen LogP contribution < -0.4 is 0 Å². The molecule has 0 N–H and O–H groups in total. The minimum Gasteiger partial charge on any atom is -0.351 e. The van der Waals surface area contributed by atoms with Gasteiger partial charge in [0.15, 0.2) is 5.82 Å². The Labute approximate surface area is 124 Å². The van der Waals surface area contributed by atoms with Crippen molar-refractivity contribution in [2.45, 2.75) is 45.8 Å². The van der Waals surface area contributed by atoms with E-state index >= 15 is 0 Å². The third kappa shape index (κ3) is 2.70. The lowest BCUT2D eigenvalue weighted by molar-refractivity contribution is -0.133.